The van der Waals surface area contributed by atoms with E-state index in [1.165, 1.54) is 6.26 Å². The number of aromatic nitrogens is 2. The Morgan fingerprint density at radius 1 is 1.23 bits per heavy atom. The summed E-state index contributed by atoms with van der Waals surface area (Å²) in [6, 6.07) is 10.1. The van der Waals surface area contributed by atoms with Crippen molar-refractivity contribution in [3.05, 3.63) is 42.4 Å². The van der Waals surface area contributed by atoms with E-state index in [1.807, 2.05) is 34.9 Å². The number of imidazole rings is 1. The Morgan fingerprint density at radius 2 is 1.91 bits per heavy atom. The molecule has 5 heteroatoms. The maximum atomic E-state index is 11.5. The van der Waals surface area contributed by atoms with E-state index < -0.39 is 9.84 Å². The number of hydrogen-bond acceptors (Lipinski definition) is 3. The SMILES string of the molecule is CCCC(C)c1c(-c2ccccc2)ncn1CCS(C)(=O)=O. The normalized spacial score (nSPS) is 13.2. The van der Waals surface area contributed by atoms with Crippen LogP contribution in [0.1, 0.15) is 38.3 Å². The molecular formula is C17H24N2O2S. The van der Waals surface area contributed by atoms with Crippen molar-refractivity contribution < 1.29 is 8.42 Å². The molecule has 1 aromatic carbocycles. The number of benzene rings is 1. The largest absolute Gasteiger partial charge is 0.333 e. The van der Waals surface area contributed by atoms with Gasteiger partial charge >= 0.3 is 0 Å². The van der Waals surface area contributed by atoms with Crippen LogP contribution >= 0.6 is 0 Å². The van der Waals surface area contributed by atoms with Crippen LogP contribution in [0.5, 0.6) is 0 Å². The molecule has 0 radical (unpaired) electrons. The second kappa shape index (κ2) is 7.09. The molecule has 1 unspecified atom stereocenters. The van der Waals surface area contributed by atoms with Gasteiger partial charge in [0.05, 0.1) is 17.8 Å². The molecule has 0 N–H and O–H groups in total. The lowest BCUT2D eigenvalue weighted by Crippen LogP contribution is -2.14. The number of hydrogen-bond donors (Lipinski definition) is 0. The molecule has 1 atom stereocenters. The molecule has 1 aromatic heterocycles. The van der Waals surface area contributed by atoms with E-state index in [2.05, 4.69) is 18.8 Å². The van der Waals surface area contributed by atoms with Crippen LogP contribution in [0.25, 0.3) is 11.3 Å². The van der Waals surface area contributed by atoms with Gasteiger partial charge in [0.25, 0.3) is 0 Å². The van der Waals surface area contributed by atoms with Crippen molar-refractivity contribution in [2.45, 2.75) is 39.2 Å². The van der Waals surface area contributed by atoms with Crippen LogP contribution in [0.2, 0.25) is 0 Å². The summed E-state index contributed by atoms with van der Waals surface area (Å²) in [6.07, 6.45) is 5.20. The fourth-order valence-electron chi connectivity index (χ4n) is 2.74. The summed E-state index contributed by atoms with van der Waals surface area (Å²) >= 11 is 0. The lowest BCUT2D eigenvalue weighted by molar-refractivity contribution is 0.578. The van der Waals surface area contributed by atoms with Gasteiger partial charge in [-0.25, -0.2) is 13.4 Å². The molecule has 0 spiro atoms. The van der Waals surface area contributed by atoms with Gasteiger partial charge in [-0.1, -0.05) is 50.6 Å². The van der Waals surface area contributed by atoms with E-state index in [4.69, 9.17) is 0 Å². The van der Waals surface area contributed by atoms with E-state index in [-0.39, 0.29) is 5.75 Å². The Balaban J connectivity index is 2.40. The van der Waals surface area contributed by atoms with Crippen LogP contribution in [0.4, 0.5) is 0 Å². The highest BCUT2D eigenvalue weighted by Gasteiger charge is 2.19. The van der Waals surface area contributed by atoms with E-state index in [1.54, 1.807) is 6.33 Å². The highest BCUT2D eigenvalue weighted by Crippen LogP contribution is 2.30. The molecule has 4 nitrogen and oxygen atoms in total. The Kier molecular flexibility index (Phi) is 5.40. The predicted octanol–water partition coefficient (Wildman–Crippen LogP) is 3.50. The number of nitrogens with zero attached hydrogens (tertiary/aromatic N) is 2. The number of sulfone groups is 1. The van der Waals surface area contributed by atoms with Gasteiger partial charge in [0.2, 0.25) is 0 Å². The third kappa shape index (κ3) is 4.19. The first-order chi connectivity index (χ1) is 10.4. The van der Waals surface area contributed by atoms with Crippen LogP contribution in [0, 0.1) is 0 Å². The fourth-order valence-corrected chi connectivity index (χ4v) is 3.27. The third-order valence-corrected chi connectivity index (χ3v) is 4.74. The first kappa shape index (κ1) is 16.7. The maximum absolute atomic E-state index is 11.5. The fraction of sp³-hybridized carbons (Fsp3) is 0.471. The molecule has 0 amide bonds. The topological polar surface area (TPSA) is 52.0 Å². The molecule has 0 aliphatic heterocycles. The highest BCUT2D eigenvalue weighted by atomic mass is 32.2. The van der Waals surface area contributed by atoms with Crippen molar-refractivity contribution in [3.63, 3.8) is 0 Å². The first-order valence-corrected chi connectivity index (χ1v) is 9.76. The van der Waals surface area contributed by atoms with Gasteiger partial charge in [0.15, 0.2) is 0 Å². The van der Waals surface area contributed by atoms with Gasteiger partial charge in [0.1, 0.15) is 9.84 Å². The molecule has 0 fully saturated rings. The molecule has 1 heterocycles. The van der Waals surface area contributed by atoms with Crippen molar-refractivity contribution in [2.75, 3.05) is 12.0 Å². The minimum Gasteiger partial charge on any atom is -0.333 e. The lowest BCUT2D eigenvalue weighted by atomic mass is 9.97. The van der Waals surface area contributed by atoms with Crippen molar-refractivity contribution >= 4 is 9.84 Å². The zero-order valence-electron chi connectivity index (χ0n) is 13.5. The summed E-state index contributed by atoms with van der Waals surface area (Å²) < 4.78 is 24.9. The predicted molar refractivity (Wildman–Crippen MR) is 90.7 cm³/mol. The quantitative estimate of drug-likeness (QED) is 0.784. The molecule has 0 saturated carbocycles. The van der Waals surface area contributed by atoms with Gasteiger partial charge < -0.3 is 4.57 Å². The van der Waals surface area contributed by atoms with Crippen molar-refractivity contribution in [3.8, 4) is 11.3 Å². The van der Waals surface area contributed by atoms with E-state index >= 15 is 0 Å². The van der Waals surface area contributed by atoms with Crippen LogP contribution in [0.15, 0.2) is 36.7 Å². The summed E-state index contributed by atoms with van der Waals surface area (Å²) in [5.41, 5.74) is 3.19. The van der Waals surface area contributed by atoms with Crippen LogP contribution in [0.3, 0.4) is 0 Å². The van der Waals surface area contributed by atoms with Gasteiger partial charge in [-0.05, 0) is 12.3 Å². The molecule has 2 rings (SSSR count). The number of rotatable bonds is 7. The van der Waals surface area contributed by atoms with Crippen LogP contribution < -0.4 is 0 Å². The minimum absolute atomic E-state index is 0.142. The Labute approximate surface area is 133 Å². The zero-order chi connectivity index (χ0) is 16.2. The standard InChI is InChI=1S/C17H24N2O2S/c1-4-8-14(2)17-16(15-9-6-5-7-10-15)18-13-19(17)11-12-22(3,20)21/h5-7,9-10,13-14H,4,8,11-12H2,1-3H3. The summed E-state index contributed by atoms with van der Waals surface area (Å²) in [7, 11) is -2.98. The summed E-state index contributed by atoms with van der Waals surface area (Å²) in [4.78, 5) is 4.56. The monoisotopic (exact) mass is 320 g/mol. The smallest absolute Gasteiger partial charge is 0.149 e. The maximum Gasteiger partial charge on any atom is 0.149 e. The second-order valence-electron chi connectivity index (χ2n) is 5.86. The Morgan fingerprint density at radius 3 is 2.50 bits per heavy atom. The Hall–Kier alpha value is -1.62. The summed E-state index contributed by atoms with van der Waals surface area (Å²) in [5.74, 6) is 0.492. The Bertz CT molecular complexity index is 706. The first-order valence-electron chi connectivity index (χ1n) is 7.70. The molecule has 0 aliphatic rings. The second-order valence-corrected chi connectivity index (χ2v) is 8.12. The average molecular weight is 320 g/mol. The van der Waals surface area contributed by atoms with E-state index in [0.717, 1.165) is 29.8 Å². The molecule has 120 valence electrons. The van der Waals surface area contributed by atoms with Crippen LogP contribution in [-0.4, -0.2) is 30.0 Å². The highest BCUT2D eigenvalue weighted by molar-refractivity contribution is 7.90. The average Bonchev–Trinajstić information content (AvgIpc) is 2.89. The molecule has 0 bridgehead atoms. The van der Waals surface area contributed by atoms with E-state index in [9.17, 15) is 8.42 Å². The molecule has 22 heavy (non-hydrogen) atoms. The summed E-state index contributed by atoms with van der Waals surface area (Å²) in [6.45, 7) is 4.81. The zero-order valence-corrected chi connectivity index (χ0v) is 14.3. The lowest BCUT2D eigenvalue weighted by Gasteiger charge is -2.16. The number of aryl methyl sites for hydroxylation is 1. The van der Waals surface area contributed by atoms with Gasteiger partial charge in [-0.3, -0.25) is 0 Å². The van der Waals surface area contributed by atoms with Crippen molar-refractivity contribution in [1.29, 1.82) is 0 Å². The third-order valence-electron chi connectivity index (χ3n) is 3.82. The van der Waals surface area contributed by atoms with Crippen LogP contribution in [-0.2, 0) is 16.4 Å². The molecule has 0 aliphatic carbocycles. The molecular weight excluding hydrogens is 296 g/mol. The van der Waals surface area contributed by atoms with Gasteiger partial charge in [0, 0.05) is 24.1 Å². The van der Waals surface area contributed by atoms with E-state index in [0.29, 0.717) is 12.5 Å². The van der Waals surface area contributed by atoms with Gasteiger partial charge in [-0.2, -0.15) is 0 Å². The van der Waals surface area contributed by atoms with Crippen molar-refractivity contribution in [2.24, 2.45) is 0 Å². The van der Waals surface area contributed by atoms with Crippen molar-refractivity contribution in [1.82, 2.24) is 9.55 Å². The summed E-state index contributed by atoms with van der Waals surface area (Å²) in [5, 5.41) is 0. The molecule has 2 aromatic rings. The van der Waals surface area contributed by atoms with Gasteiger partial charge in [-0.15, -0.1) is 0 Å². The molecule has 0 saturated heterocycles. The minimum atomic E-state index is -2.98.